The molecule has 2 amide bonds. The SMILES string of the molecule is C=CCN(CC(=O)N1CCc2sccc2C1c1ccc(Cl)cc1)C(=O)CCC1CCCC1. The van der Waals surface area contributed by atoms with Gasteiger partial charge in [-0.25, -0.2) is 0 Å². The number of amides is 2. The lowest BCUT2D eigenvalue weighted by Gasteiger charge is -2.37. The predicted molar refractivity (Wildman–Crippen MR) is 131 cm³/mol. The van der Waals surface area contributed by atoms with Gasteiger partial charge >= 0.3 is 0 Å². The monoisotopic (exact) mass is 470 g/mol. The Hall–Kier alpha value is -2.11. The number of nitrogens with zero attached hydrogens (tertiary/aromatic N) is 2. The maximum absolute atomic E-state index is 13.5. The average molecular weight is 471 g/mol. The third-order valence-corrected chi connectivity index (χ3v) is 7.99. The van der Waals surface area contributed by atoms with Crippen molar-refractivity contribution >= 4 is 34.8 Å². The number of hydrogen-bond donors (Lipinski definition) is 0. The Balaban J connectivity index is 1.49. The first kappa shape index (κ1) is 23.1. The number of thiophene rings is 1. The van der Waals surface area contributed by atoms with Crippen LogP contribution in [-0.4, -0.2) is 41.2 Å². The molecular weight excluding hydrogens is 440 g/mol. The van der Waals surface area contributed by atoms with Gasteiger partial charge in [0.1, 0.15) is 6.54 Å². The molecule has 0 spiro atoms. The molecule has 1 aromatic carbocycles. The van der Waals surface area contributed by atoms with E-state index in [4.69, 9.17) is 11.6 Å². The van der Waals surface area contributed by atoms with E-state index in [1.54, 1.807) is 22.3 Å². The Labute approximate surface area is 199 Å². The number of benzene rings is 1. The van der Waals surface area contributed by atoms with Crippen molar-refractivity contribution < 1.29 is 9.59 Å². The molecule has 1 aliphatic heterocycles. The molecule has 0 radical (unpaired) electrons. The van der Waals surface area contributed by atoms with E-state index in [-0.39, 0.29) is 24.4 Å². The van der Waals surface area contributed by atoms with E-state index in [1.165, 1.54) is 36.1 Å². The lowest BCUT2D eigenvalue weighted by Crippen LogP contribution is -2.46. The highest BCUT2D eigenvalue weighted by Crippen LogP contribution is 2.38. The smallest absolute Gasteiger partial charge is 0.243 e. The summed E-state index contributed by atoms with van der Waals surface area (Å²) in [6, 6.07) is 9.71. The van der Waals surface area contributed by atoms with Crippen LogP contribution in [0.25, 0.3) is 0 Å². The molecule has 1 aliphatic carbocycles. The molecule has 1 fully saturated rings. The van der Waals surface area contributed by atoms with Crippen molar-refractivity contribution in [3.63, 3.8) is 0 Å². The van der Waals surface area contributed by atoms with Gasteiger partial charge in [0.05, 0.1) is 6.04 Å². The van der Waals surface area contributed by atoms with Crippen molar-refractivity contribution in [2.45, 2.75) is 51.0 Å². The highest BCUT2D eigenvalue weighted by atomic mass is 35.5. The Morgan fingerprint density at radius 1 is 1.19 bits per heavy atom. The minimum Gasteiger partial charge on any atom is -0.330 e. The first-order valence-corrected chi connectivity index (χ1v) is 12.8. The molecule has 1 aromatic heterocycles. The number of rotatable bonds is 8. The molecule has 0 bridgehead atoms. The fourth-order valence-corrected chi connectivity index (χ4v) is 6.07. The summed E-state index contributed by atoms with van der Waals surface area (Å²) < 4.78 is 0. The molecule has 2 aromatic rings. The van der Waals surface area contributed by atoms with Crippen molar-refractivity contribution in [3.05, 3.63) is 69.4 Å². The second-order valence-electron chi connectivity index (χ2n) is 8.84. The van der Waals surface area contributed by atoms with Crippen LogP contribution in [0.1, 0.15) is 60.6 Å². The zero-order valence-corrected chi connectivity index (χ0v) is 20.0. The minimum atomic E-state index is -0.145. The third kappa shape index (κ3) is 5.26. The second kappa shape index (κ2) is 10.7. The van der Waals surface area contributed by atoms with Gasteiger partial charge in [0.25, 0.3) is 0 Å². The molecular formula is C26H31ClN2O2S. The van der Waals surface area contributed by atoms with E-state index in [0.717, 1.165) is 18.4 Å². The number of hydrogen-bond acceptors (Lipinski definition) is 3. The fourth-order valence-electron chi connectivity index (χ4n) is 5.04. The highest BCUT2D eigenvalue weighted by molar-refractivity contribution is 7.10. The van der Waals surface area contributed by atoms with Gasteiger partial charge in [-0.1, -0.05) is 55.5 Å². The summed E-state index contributed by atoms with van der Waals surface area (Å²) in [6.45, 7) is 4.95. The Kier molecular flexibility index (Phi) is 7.69. The number of fused-ring (bicyclic) bond motifs is 1. The van der Waals surface area contributed by atoms with E-state index in [1.807, 2.05) is 29.2 Å². The van der Waals surface area contributed by atoms with Crippen LogP contribution < -0.4 is 0 Å². The van der Waals surface area contributed by atoms with Gasteiger partial charge in [-0.2, -0.15) is 0 Å². The van der Waals surface area contributed by atoms with E-state index in [9.17, 15) is 9.59 Å². The quantitative estimate of drug-likeness (QED) is 0.453. The maximum Gasteiger partial charge on any atom is 0.243 e. The molecule has 0 saturated heterocycles. The molecule has 170 valence electrons. The normalized spacial score (nSPS) is 18.4. The van der Waals surface area contributed by atoms with Gasteiger partial charge in [-0.05, 0) is 53.5 Å². The average Bonchev–Trinajstić information content (AvgIpc) is 3.49. The van der Waals surface area contributed by atoms with Crippen LogP contribution in [0.2, 0.25) is 5.02 Å². The molecule has 32 heavy (non-hydrogen) atoms. The van der Waals surface area contributed by atoms with Crippen LogP contribution in [0.3, 0.4) is 0 Å². The van der Waals surface area contributed by atoms with Crippen molar-refractivity contribution in [1.29, 1.82) is 0 Å². The van der Waals surface area contributed by atoms with Crippen molar-refractivity contribution in [3.8, 4) is 0 Å². The summed E-state index contributed by atoms with van der Waals surface area (Å²) in [5.41, 5.74) is 2.23. The number of halogens is 1. The zero-order chi connectivity index (χ0) is 22.5. The van der Waals surface area contributed by atoms with Gasteiger partial charge in [0, 0.05) is 29.4 Å². The number of carbonyl (C=O) groups is 2. The Bertz CT molecular complexity index is 949. The van der Waals surface area contributed by atoms with E-state index in [2.05, 4.69) is 18.0 Å². The van der Waals surface area contributed by atoms with Gasteiger partial charge < -0.3 is 9.80 Å². The molecule has 2 aliphatic rings. The maximum atomic E-state index is 13.5. The molecule has 4 rings (SSSR count). The first-order chi connectivity index (χ1) is 15.6. The van der Waals surface area contributed by atoms with Crippen molar-refractivity contribution in [2.24, 2.45) is 5.92 Å². The molecule has 1 saturated carbocycles. The Morgan fingerprint density at radius 3 is 2.66 bits per heavy atom. The standard InChI is InChI=1S/C26H31ClN2O2S/c1-2-15-28(24(30)12-7-19-5-3-4-6-19)18-25(31)29-16-13-23-22(14-17-32-23)26(29)20-8-10-21(27)11-9-20/h2,8-11,14,17,19,26H,1,3-7,12-13,15-16,18H2. The number of carbonyl (C=O) groups excluding carboxylic acids is 2. The van der Waals surface area contributed by atoms with Crippen LogP contribution in [-0.2, 0) is 16.0 Å². The first-order valence-electron chi connectivity index (χ1n) is 11.6. The summed E-state index contributed by atoms with van der Waals surface area (Å²) in [6.07, 6.45) is 9.01. The molecule has 4 nitrogen and oxygen atoms in total. The largest absolute Gasteiger partial charge is 0.330 e. The molecule has 1 unspecified atom stereocenters. The zero-order valence-electron chi connectivity index (χ0n) is 18.5. The molecule has 0 N–H and O–H groups in total. The van der Waals surface area contributed by atoms with Crippen molar-refractivity contribution in [2.75, 3.05) is 19.6 Å². The summed E-state index contributed by atoms with van der Waals surface area (Å²) in [5, 5.41) is 2.77. The summed E-state index contributed by atoms with van der Waals surface area (Å²) in [5.74, 6) is 0.702. The van der Waals surface area contributed by atoms with E-state index in [0.29, 0.717) is 30.5 Å². The van der Waals surface area contributed by atoms with Gasteiger partial charge in [0.15, 0.2) is 0 Å². The van der Waals surface area contributed by atoms with Crippen LogP contribution in [0.4, 0.5) is 0 Å². The predicted octanol–water partition coefficient (Wildman–Crippen LogP) is 5.86. The molecule has 1 atom stereocenters. The lowest BCUT2D eigenvalue weighted by atomic mass is 9.93. The second-order valence-corrected chi connectivity index (χ2v) is 10.3. The topological polar surface area (TPSA) is 40.6 Å². The van der Waals surface area contributed by atoms with E-state index < -0.39 is 0 Å². The molecule has 6 heteroatoms. The van der Waals surface area contributed by atoms with Crippen molar-refractivity contribution in [1.82, 2.24) is 9.80 Å². The van der Waals surface area contributed by atoms with Crippen LogP contribution >= 0.6 is 22.9 Å². The summed E-state index contributed by atoms with van der Waals surface area (Å²) in [4.78, 5) is 31.4. The van der Waals surface area contributed by atoms with Crippen LogP contribution in [0.5, 0.6) is 0 Å². The van der Waals surface area contributed by atoms with Crippen LogP contribution in [0, 0.1) is 5.92 Å². The highest BCUT2D eigenvalue weighted by Gasteiger charge is 2.34. The molecule has 2 heterocycles. The van der Waals surface area contributed by atoms with E-state index >= 15 is 0 Å². The minimum absolute atomic E-state index is 0.0159. The fraction of sp³-hybridized carbons (Fsp3) is 0.462. The third-order valence-electron chi connectivity index (χ3n) is 6.74. The van der Waals surface area contributed by atoms with Gasteiger partial charge in [-0.3, -0.25) is 9.59 Å². The van der Waals surface area contributed by atoms with Gasteiger partial charge in [-0.15, -0.1) is 17.9 Å². The summed E-state index contributed by atoms with van der Waals surface area (Å²) in [7, 11) is 0. The lowest BCUT2D eigenvalue weighted by molar-refractivity contribution is -0.141. The summed E-state index contributed by atoms with van der Waals surface area (Å²) >= 11 is 7.86. The van der Waals surface area contributed by atoms with Gasteiger partial charge in [0.2, 0.25) is 11.8 Å². The van der Waals surface area contributed by atoms with Crippen LogP contribution in [0.15, 0.2) is 48.4 Å². The Morgan fingerprint density at radius 2 is 1.94 bits per heavy atom.